The van der Waals surface area contributed by atoms with Crippen molar-refractivity contribution in [1.82, 2.24) is 0 Å². The second-order valence-electron chi connectivity index (χ2n) is 6.16. The van der Waals surface area contributed by atoms with Gasteiger partial charge in [0.05, 0.1) is 17.2 Å². The SMILES string of the molecule is CCOc1ccccc1NC(=O)/C(=C/c1ccc([N+](=O)[O-])cc1)c1ccccc1. The summed E-state index contributed by atoms with van der Waals surface area (Å²) in [5, 5.41) is 13.8. The van der Waals surface area contributed by atoms with Crippen molar-refractivity contribution in [3.8, 4) is 5.75 Å². The number of benzene rings is 3. The molecule has 1 N–H and O–H groups in total. The summed E-state index contributed by atoms with van der Waals surface area (Å²) in [5.41, 5.74) is 2.43. The third kappa shape index (κ3) is 5.07. The number of anilines is 1. The first-order valence-corrected chi connectivity index (χ1v) is 9.13. The van der Waals surface area contributed by atoms with Gasteiger partial charge in [0.25, 0.3) is 11.6 Å². The first-order valence-electron chi connectivity index (χ1n) is 9.13. The average molecular weight is 388 g/mol. The molecule has 0 unspecified atom stereocenters. The van der Waals surface area contributed by atoms with E-state index in [1.54, 1.807) is 30.3 Å². The van der Waals surface area contributed by atoms with Crippen LogP contribution in [0.1, 0.15) is 18.1 Å². The van der Waals surface area contributed by atoms with E-state index in [-0.39, 0.29) is 11.6 Å². The molecule has 6 heteroatoms. The van der Waals surface area contributed by atoms with Crippen LogP contribution in [0.3, 0.4) is 0 Å². The Balaban J connectivity index is 1.96. The number of para-hydroxylation sites is 2. The van der Waals surface area contributed by atoms with Crippen LogP contribution in [0.4, 0.5) is 11.4 Å². The zero-order chi connectivity index (χ0) is 20.6. The lowest BCUT2D eigenvalue weighted by Crippen LogP contribution is -2.14. The van der Waals surface area contributed by atoms with Gasteiger partial charge in [-0.15, -0.1) is 0 Å². The molecule has 0 aromatic heterocycles. The minimum Gasteiger partial charge on any atom is -0.492 e. The number of hydrogen-bond donors (Lipinski definition) is 1. The van der Waals surface area contributed by atoms with Gasteiger partial charge in [-0.3, -0.25) is 14.9 Å². The highest BCUT2D eigenvalue weighted by Crippen LogP contribution is 2.27. The maximum Gasteiger partial charge on any atom is 0.269 e. The molecule has 3 aromatic rings. The quantitative estimate of drug-likeness (QED) is 0.262. The first-order chi connectivity index (χ1) is 14.1. The molecule has 0 spiro atoms. The fourth-order valence-electron chi connectivity index (χ4n) is 2.80. The van der Waals surface area contributed by atoms with Gasteiger partial charge in [0, 0.05) is 17.7 Å². The monoisotopic (exact) mass is 388 g/mol. The van der Waals surface area contributed by atoms with Gasteiger partial charge in [0.15, 0.2) is 0 Å². The summed E-state index contributed by atoms with van der Waals surface area (Å²) >= 11 is 0. The Bertz CT molecular complexity index is 1030. The molecule has 3 aromatic carbocycles. The van der Waals surface area contributed by atoms with Crippen molar-refractivity contribution < 1.29 is 14.5 Å². The van der Waals surface area contributed by atoms with Crippen molar-refractivity contribution in [3.63, 3.8) is 0 Å². The van der Waals surface area contributed by atoms with E-state index in [0.29, 0.717) is 29.2 Å². The Morgan fingerprint density at radius 3 is 2.31 bits per heavy atom. The molecule has 3 rings (SSSR count). The van der Waals surface area contributed by atoms with Crippen molar-refractivity contribution in [1.29, 1.82) is 0 Å². The smallest absolute Gasteiger partial charge is 0.269 e. The number of nitro groups is 1. The predicted molar refractivity (Wildman–Crippen MR) is 114 cm³/mol. The molecule has 6 nitrogen and oxygen atoms in total. The molecular weight excluding hydrogens is 368 g/mol. The fraction of sp³-hybridized carbons (Fsp3) is 0.0870. The van der Waals surface area contributed by atoms with Crippen LogP contribution in [0.25, 0.3) is 11.6 Å². The number of carbonyl (C=O) groups excluding carboxylic acids is 1. The van der Waals surface area contributed by atoms with Crippen LogP contribution in [0.5, 0.6) is 5.75 Å². The van der Waals surface area contributed by atoms with Gasteiger partial charge in [0.2, 0.25) is 0 Å². The van der Waals surface area contributed by atoms with E-state index in [9.17, 15) is 14.9 Å². The van der Waals surface area contributed by atoms with Gasteiger partial charge in [-0.1, -0.05) is 42.5 Å². The number of nitrogens with zero attached hydrogens (tertiary/aromatic N) is 1. The molecule has 0 heterocycles. The highest BCUT2D eigenvalue weighted by Gasteiger charge is 2.15. The number of carbonyl (C=O) groups is 1. The topological polar surface area (TPSA) is 81.5 Å². The summed E-state index contributed by atoms with van der Waals surface area (Å²) in [7, 11) is 0. The normalized spacial score (nSPS) is 11.0. The van der Waals surface area contributed by atoms with Crippen LogP contribution in [0, 0.1) is 10.1 Å². The summed E-state index contributed by atoms with van der Waals surface area (Å²) in [6.07, 6.45) is 1.71. The van der Waals surface area contributed by atoms with Crippen molar-refractivity contribution in [3.05, 3.63) is 100 Å². The number of nitrogens with one attached hydrogen (secondary N) is 1. The van der Waals surface area contributed by atoms with Crippen molar-refractivity contribution in [2.24, 2.45) is 0 Å². The van der Waals surface area contributed by atoms with Gasteiger partial charge in [-0.05, 0) is 48.4 Å². The molecule has 0 aliphatic rings. The summed E-state index contributed by atoms with van der Waals surface area (Å²) < 4.78 is 5.58. The molecule has 0 saturated heterocycles. The third-order valence-corrected chi connectivity index (χ3v) is 4.18. The molecule has 0 aliphatic heterocycles. The number of hydrogen-bond acceptors (Lipinski definition) is 4. The standard InChI is InChI=1S/C23H20N2O4/c1-2-29-22-11-7-6-10-21(22)24-23(26)20(18-8-4-3-5-9-18)16-17-12-14-19(15-13-17)25(27)28/h3-16H,2H2,1H3,(H,24,26)/b20-16+. The van der Waals surface area contributed by atoms with E-state index in [1.165, 1.54) is 12.1 Å². The zero-order valence-corrected chi connectivity index (χ0v) is 15.9. The van der Waals surface area contributed by atoms with Crippen molar-refractivity contribution in [2.75, 3.05) is 11.9 Å². The Morgan fingerprint density at radius 2 is 1.66 bits per heavy atom. The van der Waals surface area contributed by atoms with Gasteiger partial charge in [0.1, 0.15) is 5.75 Å². The van der Waals surface area contributed by atoms with Crippen LogP contribution in [0.15, 0.2) is 78.9 Å². The number of rotatable bonds is 7. The summed E-state index contributed by atoms with van der Waals surface area (Å²) in [6.45, 7) is 2.36. The number of ether oxygens (including phenoxy) is 1. The van der Waals surface area contributed by atoms with Crippen LogP contribution < -0.4 is 10.1 Å². The molecule has 0 fully saturated rings. The molecule has 146 valence electrons. The van der Waals surface area contributed by atoms with E-state index in [2.05, 4.69) is 5.32 Å². The van der Waals surface area contributed by atoms with Gasteiger partial charge < -0.3 is 10.1 Å². The summed E-state index contributed by atoms with van der Waals surface area (Å²) in [4.78, 5) is 23.5. The highest BCUT2D eigenvalue weighted by molar-refractivity contribution is 6.29. The second-order valence-corrected chi connectivity index (χ2v) is 6.16. The average Bonchev–Trinajstić information content (AvgIpc) is 2.74. The molecule has 0 aliphatic carbocycles. The molecule has 0 saturated carbocycles. The maximum atomic E-state index is 13.1. The number of non-ortho nitro benzene ring substituents is 1. The van der Waals surface area contributed by atoms with Crippen LogP contribution >= 0.6 is 0 Å². The van der Waals surface area contributed by atoms with Crippen molar-refractivity contribution in [2.45, 2.75) is 6.92 Å². The molecule has 0 radical (unpaired) electrons. The van der Waals surface area contributed by atoms with E-state index in [1.807, 2.05) is 49.4 Å². The lowest BCUT2D eigenvalue weighted by molar-refractivity contribution is -0.384. The lowest BCUT2D eigenvalue weighted by atomic mass is 10.0. The van der Waals surface area contributed by atoms with Crippen LogP contribution in [0.2, 0.25) is 0 Å². The summed E-state index contributed by atoms with van der Waals surface area (Å²) in [6, 6.07) is 22.5. The predicted octanol–water partition coefficient (Wildman–Crippen LogP) is 5.17. The van der Waals surface area contributed by atoms with Gasteiger partial charge >= 0.3 is 0 Å². The van der Waals surface area contributed by atoms with E-state index in [4.69, 9.17) is 4.74 Å². The lowest BCUT2D eigenvalue weighted by Gasteiger charge is -2.13. The van der Waals surface area contributed by atoms with E-state index < -0.39 is 4.92 Å². The Morgan fingerprint density at radius 1 is 1.00 bits per heavy atom. The van der Waals surface area contributed by atoms with Crippen LogP contribution in [-0.2, 0) is 4.79 Å². The van der Waals surface area contributed by atoms with Gasteiger partial charge in [-0.2, -0.15) is 0 Å². The van der Waals surface area contributed by atoms with Crippen molar-refractivity contribution >= 4 is 28.9 Å². The molecule has 0 bridgehead atoms. The minimum atomic E-state index is -0.455. The summed E-state index contributed by atoms with van der Waals surface area (Å²) in [5.74, 6) is 0.285. The maximum absolute atomic E-state index is 13.1. The van der Waals surface area contributed by atoms with E-state index >= 15 is 0 Å². The Labute approximate surface area is 168 Å². The van der Waals surface area contributed by atoms with Gasteiger partial charge in [-0.25, -0.2) is 0 Å². The fourth-order valence-corrected chi connectivity index (χ4v) is 2.80. The Hall–Kier alpha value is -3.93. The van der Waals surface area contributed by atoms with E-state index in [0.717, 1.165) is 5.56 Å². The molecule has 1 amide bonds. The first kappa shape index (κ1) is 19.8. The second kappa shape index (κ2) is 9.32. The largest absolute Gasteiger partial charge is 0.492 e. The van der Waals surface area contributed by atoms with Crippen LogP contribution in [-0.4, -0.2) is 17.4 Å². The minimum absolute atomic E-state index is 0.00138. The molecule has 0 atom stereocenters. The number of amides is 1. The Kier molecular flexibility index (Phi) is 6.37. The number of nitro benzene ring substituents is 1. The molecular formula is C23H20N2O4. The molecule has 29 heavy (non-hydrogen) atoms. The zero-order valence-electron chi connectivity index (χ0n) is 15.9. The highest BCUT2D eigenvalue weighted by atomic mass is 16.6. The third-order valence-electron chi connectivity index (χ3n) is 4.18.